The summed E-state index contributed by atoms with van der Waals surface area (Å²) in [6, 6.07) is 0. The Labute approximate surface area is 84.1 Å². The van der Waals surface area contributed by atoms with Crippen molar-refractivity contribution in [2.24, 2.45) is 17.8 Å². The molecule has 0 aliphatic heterocycles. The van der Waals surface area contributed by atoms with Crippen molar-refractivity contribution in [3.63, 3.8) is 0 Å². The quantitative estimate of drug-likeness (QED) is 0.538. The van der Waals surface area contributed by atoms with Gasteiger partial charge in [0.1, 0.15) is 0 Å². The molecule has 2 unspecified atom stereocenters. The average molecular weight is 182 g/mol. The zero-order valence-corrected chi connectivity index (χ0v) is 9.68. The van der Waals surface area contributed by atoms with Gasteiger partial charge in [-0.3, -0.25) is 0 Å². The van der Waals surface area contributed by atoms with E-state index >= 15 is 0 Å². The van der Waals surface area contributed by atoms with Crippen LogP contribution in [0.2, 0.25) is 0 Å². The van der Waals surface area contributed by atoms with Crippen LogP contribution in [0.1, 0.15) is 65.7 Å². The van der Waals surface area contributed by atoms with Crippen molar-refractivity contribution >= 4 is 0 Å². The summed E-state index contributed by atoms with van der Waals surface area (Å²) in [4.78, 5) is 0. The van der Waals surface area contributed by atoms with E-state index in [1.165, 1.54) is 44.9 Å². The Hall–Kier alpha value is 0. The summed E-state index contributed by atoms with van der Waals surface area (Å²) in [6.45, 7) is 7.07. The lowest BCUT2D eigenvalue weighted by atomic mass is 9.90. The Bertz CT molecular complexity index is 124. The molecule has 1 saturated carbocycles. The highest BCUT2D eigenvalue weighted by Gasteiger charge is 2.24. The highest BCUT2D eigenvalue weighted by molar-refractivity contribution is 4.76. The van der Waals surface area contributed by atoms with Crippen LogP contribution < -0.4 is 0 Å². The Morgan fingerprint density at radius 2 is 1.77 bits per heavy atom. The van der Waals surface area contributed by atoms with Gasteiger partial charge in [0.2, 0.25) is 0 Å². The van der Waals surface area contributed by atoms with Crippen LogP contribution in [0, 0.1) is 17.8 Å². The van der Waals surface area contributed by atoms with Crippen LogP contribution in [-0.4, -0.2) is 0 Å². The van der Waals surface area contributed by atoms with Gasteiger partial charge in [0.15, 0.2) is 0 Å². The normalized spacial score (nSPS) is 21.5. The second-order valence-electron chi connectivity index (χ2n) is 5.04. The van der Waals surface area contributed by atoms with E-state index in [4.69, 9.17) is 0 Å². The molecule has 0 aromatic heterocycles. The number of hydrogen-bond donors (Lipinski definition) is 0. The van der Waals surface area contributed by atoms with Crippen LogP contribution in [-0.2, 0) is 0 Å². The third-order valence-electron chi connectivity index (χ3n) is 3.71. The zero-order valence-electron chi connectivity index (χ0n) is 9.68. The molecule has 0 saturated heterocycles. The van der Waals surface area contributed by atoms with Crippen molar-refractivity contribution in [2.45, 2.75) is 65.7 Å². The van der Waals surface area contributed by atoms with Gasteiger partial charge < -0.3 is 0 Å². The van der Waals surface area contributed by atoms with Gasteiger partial charge in [-0.05, 0) is 24.2 Å². The van der Waals surface area contributed by atoms with Gasteiger partial charge in [-0.2, -0.15) is 0 Å². The van der Waals surface area contributed by atoms with Gasteiger partial charge in [0, 0.05) is 0 Å². The highest BCUT2D eigenvalue weighted by Crippen LogP contribution is 2.37. The molecule has 0 nitrogen and oxygen atoms in total. The third kappa shape index (κ3) is 4.69. The molecule has 1 aliphatic rings. The molecule has 0 amide bonds. The van der Waals surface area contributed by atoms with Crippen molar-refractivity contribution in [1.29, 1.82) is 0 Å². The van der Waals surface area contributed by atoms with Crippen LogP contribution in [0.15, 0.2) is 0 Å². The summed E-state index contributed by atoms with van der Waals surface area (Å²) >= 11 is 0. The van der Waals surface area contributed by atoms with Crippen LogP contribution in [0.4, 0.5) is 0 Å². The van der Waals surface area contributed by atoms with E-state index in [-0.39, 0.29) is 0 Å². The molecule has 13 heavy (non-hydrogen) atoms. The maximum Gasteiger partial charge on any atom is -0.0411 e. The molecule has 1 fully saturated rings. The highest BCUT2D eigenvalue weighted by atomic mass is 14.3. The van der Waals surface area contributed by atoms with Crippen molar-refractivity contribution in [2.75, 3.05) is 0 Å². The summed E-state index contributed by atoms with van der Waals surface area (Å²) in [5.74, 6) is 3.12. The number of rotatable bonds is 7. The van der Waals surface area contributed by atoms with E-state index in [0.717, 1.165) is 17.8 Å². The van der Waals surface area contributed by atoms with Gasteiger partial charge in [-0.25, -0.2) is 0 Å². The van der Waals surface area contributed by atoms with E-state index < -0.39 is 0 Å². The van der Waals surface area contributed by atoms with Crippen molar-refractivity contribution in [3.05, 3.63) is 0 Å². The van der Waals surface area contributed by atoms with Crippen molar-refractivity contribution in [1.82, 2.24) is 0 Å². The van der Waals surface area contributed by atoms with E-state index in [9.17, 15) is 0 Å². The molecule has 1 aliphatic carbocycles. The molecule has 0 heteroatoms. The Kier molecular flexibility index (Phi) is 4.83. The zero-order chi connectivity index (χ0) is 9.68. The summed E-state index contributed by atoms with van der Waals surface area (Å²) in [7, 11) is 0. The second-order valence-corrected chi connectivity index (χ2v) is 5.04. The van der Waals surface area contributed by atoms with Crippen LogP contribution in [0.3, 0.4) is 0 Å². The predicted octanol–water partition coefficient (Wildman–Crippen LogP) is 4.64. The largest absolute Gasteiger partial charge is 0.0651 e. The van der Waals surface area contributed by atoms with Crippen LogP contribution in [0.25, 0.3) is 0 Å². The number of hydrogen-bond acceptors (Lipinski definition) is 0. The first-order valence-electron chi connectivity index (χ1n) is 6.26. The molecule has 0 heterocycles. The predicted molar refractivity (Wildman–Crippen MR) is 59.8 cm³/mol. The van der Waals surface area contributed by atoms with Gasteiger partial charge >= 0.3 is 0 Å². The molecule has 0 aromatic rings. The van der Waals surface area contributed by atoms with Crippen molar-refractivity contribution < 1.29 is 0 Å². The Morgan fingerprint density at radius 1 is 1.08 bits per heavy atom. The Balaban J connectivity index is 2.07. The fourth-order valence-corrected chi connectivity index (χ4v) is 2.04. The second kappa shape index (κ2) is 5.67. The van der Waals surface area contributed by atoms with E-state index in [1.807, 2.05) is 0 Å². The molecular formula is C13H26. The molecule has 0 bridgehead atoms. The van der Waals surface area contributed by atoms with Gasteiger partial charge in [0.25, 0.3) is 0 Å². The summed E-state index contributed by atoms with van der Waals surface area (Å²) in [5, 5.41) is 0. The third-order valence-corrected chi connectivity index (χ3v) is 3.71. The lowest BCUT2D eigenvalue weighted by Gasteiger charge is -2.16. The minimum Gasteiger partial charge on any atom is -0.0651 e. The fourth-order valence-electron chi connectivity index (χ4n) is 2.04. The van der Waals surface area contributed by atoms with E-state index in [1.54, 1.807) is 0 Å². The first-order valence-corrected chi connectivity index (χ1v) is 6.26. The maximum atomic E-state index is 2.39. The van der Waals surface area contributed by atoms with Crippen LogP contribution in [0.5, 0.6) is 0 Å². The van der Waals surface area contributed by atoms with Gasteiger partial charge in [-0.15, -0.1) is 0 Å². The Morgan fingerprint density at radius 3 is 2.23 bits per heavy atom. The van der Waals surface area contributed by atoms with E-state index in [2.05, 4.69) is 20.8 Å². The first kappa shape index (κ1) is 11.1. The van der Waals surface area contributed by atoms with Gasteiger partial charge in [-0.1, -0.05) is 59.3 Å². The summed E-state index contributed by atoms with van der Waals surface area (Å²) < 4.78 is 0. The fraction of sp³-hybridized carbons (Fsp3) is 1.00. The molecule has 0 aromatic carbocycles. The topological polar surface area (TPSA) is 0 Å². The van der Waals surface area contributed by atoms with E-state index in [0.29, 0.717) is 0 Å². The first-order chi connectivity index (χ1) is 6.26. The molecule has 2 atom stereocenters. The van der Waals surface area contributed by atoms with Crippen LogP contribution >= 0.6 is 0 Å². The lowest BCUT2D eigenvalue weighted by molar-refractivity contribution is 0.361. The standard InChI is InChI=1S/C13H26/c1-4-11(3)6-7-12(5-2)10-13-8-9-13/h11-13H,4-10H2,1-3H3. The molecule has 78 valence electrons. The van der Waals surface area contributed by atoms with Crippen molar-refractivity contribution in [3.8, 4) is 0 Å². The molecule has 0 radical (unpaired) electrons. The molecule has 0 spiro atoms. The summed E-state index contributed by atoms with van der Waals surface area (Å²) in [5.41, 5.74) is 0. The molecule has 0 N–H and O–H groups in total. The SMILES string of the molecule is CCC(C)CCC(CC)CC1CC1. The lowest BCUT2D eigenvalue weighted by Crippen LogP contribution is -2.03. The molecule has 1 rings (SSSR count). The average Bonchev–Trinajstić information content (AvgIpc) is 2.95. The summed E-state index contributed by atoms with van der Waals surface area (Å²) in [6.07, 6.45) is 10.3. The maximum absolute atomic E-state index is 2.39. The monoisotopic (exact) mass is 182 g/mol. The minimum absolute atomic E-state index is 0.952. The van der Waals surface area contributed by atoms with Gasteiger partial charge in [0.05, 0.1) is 0 Å². The molecular weight excluding hydrogens is 156 g/mol. The minimum atomic E-state index is 0.952. The smallest absolute Gasteiger partial charge is 0.0411 e.